The van der Waals surface area contributed by atoms with E-state index in [9.17, 15) is 0 Å². The number of nitrogens with one attached hydrogen (secondary N) is 1. The van der Waals surface area contributed by atoms with Crippen molar-refractivity contribution in [3.8, 4) is 22.5 Å². The first-order chi connectivity index (χ1) is 16.0. The van der Waals surface area contributed by atoms with E-state index in [0.717, 1.165) is 41.1 Å². The van der Waals surface area contributed by atoms with Crippen LogP contribution in [0.15, 0.2) is 77.3 Å². The van der Waals surface area contributed by atoms with E-state index in [0.29, 0.717) is 5.82 Å². The number of aromatic amines is 1. The number of aliphatic imine (C=N–C) groups is 1. The number of allylic oxidation sites excluding steroid dienone is 1. The van der Waals surface area contributed by atoms with Gasteiger partial charge in [0.25, 0.3) is 0 Å². The molecule has 8 heteroatoms. The molecule has 0 saturated heterocycles. The first-order valence-corrected chi connectivity index (χ1v) is 11.2. The number of benzene rings is 2. The van der Waals surface area contributed by atoms with Gasteiger partial charge >= 0.3 is 0 Å². The van der Waals surface area contributed by atoms with E-state index in [4.69, 9.17) is 4.99 Å². The molecular weight excluding hydrogens is 412 g/mol. The van der Waals surface area contributed by atoms with E-state index in [-0.39, 0.29) is 6.04 Å². The van der Waals surface area contributed by atoms with Crippen LogP contribution in [0.1, 0.15) is 18.9 Å². The Hall–Kier alpha value is -3.94. The van der Waals surface area contributed by atoms with Gasteiger partial charge in [0.1, 0.15) is 5.82 Å². The Balaban J connectivity index is 1.40. The van der Waals surface area contributed by atoms with Gasteiger partial charge in [-0.1, -0.05) is 55.5 Å². The minimum Gasteiger partial charge on any atom is -0.376 e. The van der Waals surface area contributed by atoms with Gasteiger partial charge in [-0.3, -0.25) is 10.0 Å². The molecule has 8 nitrogen and oxygen atoms in total. The van der Waals surface area contributed by atoms with Crippen LogP contribution in [-0.2, 0) is 6.42 Å². The van der Waals surface area contributed by atoms with Crippen molar-refractivity contribution >= 4 is 5.71 Å². The number of tetrazole rings is 1. The van der Waals surface area contributed by atoms with E-state index in [1.165, 1.54) is 11.3 Å². The molecule has 0 aliphatic carbocycles. The molecule has 0 fully saturated rings. The number of likely N-dealkylation sites (N-methyl/N-ethyl adjacent to an activating group) is 1. The van der Waals surface area contributed by atoms with Crippen molar-refractivity contribution in [2.45, 2.75) is 25.8 Å². The van der Waals surface area contributed by atoms with E-state index >= 15 is 0 Å². The van der Waals surface area contributed by atoms with Gasteiger partial charge in [-0.05, 0) is 28.3 Å². The number of hydrogen-bond donors (Lipinski definition) is 1. The Kier molecular flexibility index (Phi) is 5.42. The number of fused-ring (bicyclic) bond motifs is 1. The second-order valence-corrected chi connectivity index (χ2v) is 8.52. The summed E-state index contributed by atoms with van der Waals surface area (Å²) in [5.74, 6) is 1.61. The Labute approximate surface area is 193 Å². The predicted molar refractivity (Wildman–Crippen MR) is 130 cm³/mol. The summed E-state index contributed by atoms with van der Waals surface area (Å²) in [7, 11) is 6.21. The lowest BCUT2D eigenvalue weighted by molar-refractivity contribution is 0.0680. The van der Waals surface area contributed by atoms with E-state index < -0.39 is 0 Å². The van der Waals surface area contributed by atoms with Crippen molar-refractivity contribution in [2.24, 2.45) is 4.99 Å². The lowest BCUT2D eigenvalue weighted by atomic mass is 9.95. The molecule has 1 aromatic heterocycles. The molecule has 0 radical (unpaired) electrons. The first-order valence-electron chi connectivity index (χ1n) is 11.2. The summed E-state index contributed by atoms with van der Waals surface area (Å²) in [6.07, 6.45) is 6.14. The van der Waals surface area contributed by atoms with Crippen LogP contribution in [0.4, 0.5) is 0 Å². The van der Waals surface area contributed by atoms with Crippen molar-refractivity contribution in [2.75, 3.05) is 21.1 Å². The Morgan fingerprint density at radius 3 is 2.45 bits per heavy atom. The SMILES string of the molecule is CCC1=NC2=CC(N(C)C)=CN(C)N2C1Cc1ccc(-c2ccccc2-c2nn[nH]n2)cc1. The van der Waals surface area contributed by atoms with Crippen LogP contribution in [0, 0.1) is 0 Å². The zero-order chi connectivity index (χ0) is 22.9. The van der Waals surface area contributed by atoms with Crippen LogP contribution in [0.5, 0.6) is 0 Å². The summed E-state index contributed by atoms with van der Waals surface area (Å²) >= 11 is 0. The van der Waals surface area contributed by atoms with Gasteiger partial charge in [0.05, 0.1) is 11.7 Å². The molecule has 1 atom stereocenters. The number of H-pyrrole nitrogens is 1. The molecular formula is C25H28N8. The van der Waals surface area contributed by atoms with Gasteiger partial charge in [-0.25, -0.2) is 4.99 Å². The van der Waals surface area contributed by atoms with Crippen LogP contribution in [0.2, 0.25) is 0 Å². The van der Waals surface area contributed by atoms with Crippen LogP contribution >= 0.6 is 0 Å². The standard InChI is InChI=1S/C25H28N8/c1-5-22-23(33-24(26-22)15-19(31(2)3)16-32(33)4)14-17-10-12-18(13-11-17)20-8-6-7-9-21(20)25-27-29-30-28-25/h6-13,15-16,23H,5,14H2,1-4H3,(H,27,28,29,30). The highest BCUT2D eigenvalue weighted by molar-refractivity contribution is 5.92. The van der Waals surface area contributed by atoms with Crippen LogP contribution < -0.4 is 0 Å². The van der Waals surface area contributed by atoms with Crippen LogP contribution in [0.25, 0.3) is 22.5 Å². The van der Waals surface area contributed by atoms with Gasteiger partial charge in [-0.15, -0.1) is 10.2 Å². The van der Waals surface area contributed by atoms with E-state index in [1.54, 1.807) is 0 Å². The summed E-state index contributed by atoms with van der Waals surface area (Å²) < 4.78 is 0. The molecule has 2 aliphatic heterocycles. The molecule has 3 heterocycles. The molecule has 0 spiro atoms. The predicted octanol–water partition coefficient (Wildman–Crippen LogP) is 3.72. The second kappa shape index (κ2) is 8.54. The third-order valence-electron chi connectivity index (χ3n) is 6.19. The van der Waals surface area contributed by atoms with Crippen molar-refractivity contribution in [3.05, 3.63) is 77.9 Å². The molecule has 0 bridgehead atoms. The van der Waals surface area contributed by atoms with Crippen LogP contribution in [-0.4, -0.2) is 68.4 Å². The molecule has 0 amide bonds. The van der Waals surface area contributed by atoms with Gasteiger partial charge in [0, 0.05) is 51.1 Å². The van der Waals surface area contributed by atoms with E-state index in [1.807, 2.05) is 18.2 Å². The maximum absolute atomic E-state index is 4.97. The topological polar surface area (TPSA) is 76.5 Å². The molecule has 33 heavy (non-hydrogen) atoms. The van der Waals surface area contributed by atoms with Crippen molar-refractivity contribution in [3.63, 3.8) is 0 Å². The number of aromatic nitrogens is 4. The van der Waals surface area contributed by atoms with E-state index in [2.05, 4.69) is 106 Å². The summed E-state index contributed by atoms with van der Waals surface area (Å²) in [5, 5.41) is 19.0. The minimum atomic E-state index is 0.212. The fraction of sp³-hybridized carbons (Fsp3) is 0.280. The lowest BCUT2D eigenvalue weighted by Crippen LogP contribution is -2.46. The third kappa shape index (κ3) is 3.88. The molecule has 2 aliphatic rings. The van der Waals surface area contributed by atoms with Crippen molar-refractivity contribution in [1.82, 2.24) is 35.5 Å². The highest BCUT2D eigenvalue weighted by Crippen LogP contribution is 2.33. The summed E-state index contributed by atoms with van der Waals surface area (Å²) in [5.41, 5.74) is 6.82. The summed E-state index contributed by atoms with van der Waals surface area (Å²) in [4.78, 5) is 7.08. The number of rotatable bonds is 6. The van der Waals surface area contributed by atoms with Gasteiger partial charge in [-0.2, -0.15) is 5.21 Å². The smallest absolute Gasteiger partial charge is 0.205 e. The number of hydrazine groups is 1. The number of nitrogens with zero attached hydrogens (tertiary/aromatic N) is 7. The fourth-order valence-electron chi connectivity index (χ4n) is 4.49. The van der Waals surface area contributed by atoms with Gasteiger partial charge in [0.15, 0.2) is 0 Å². The molecule has 168 valence electrons. The molecule has 1 unspecified atom stereocenters. The average Bonchev–Trinajstić information content (AvgIpc) is 3.48. The average molecular weight is 441 g/mol. The molecule has 2 aromatic carbocycles. The quantitative estimate of drug-likeness (QED) is 0.630. The lowest BCUT2D eigenvalue weighted by Gasteiger charge is -2.38. The minimum absolute atomic E-state index is 0.212. The molecule has 1 N–H and O–H groups in total. The zero-order valence-corrected chi connectivity index (χ0v) is 19.4. The maximum Gasteiger partial charge on any atom is 0.205 e. The molecule has 3 aromatic rings. The Morgan fingerprint density at radius 1 is 1.03 bits per heavy atom. The number of hydrogen-bond acceptors (Lipinski definition) is 7. The second-order valence-electron chi connectivity index (χ2n) is 8.52. The van der Waals surface area contributed by atoms with Crippen LogP contribution in [0.3, 0.4) is 0 Å². The highest BCUT2D eigenvalue weighted by Gasteiger charge is 2.35. The van der Waals surface area contributed by atoms with Gasteiger partial charge in [0.2, 0.25) is 5.82 Å². The summed E-state index contributed by atoms with van der Waals surface area (Å²) in [6.45, 7) is 2.18. The van der Waals surface area contributed by atoms with Crippen molar-refractivity contribution in [1.29, 1.82) is 0 Å². The monoisotopic (exact) mass is 440 g/mol. The van der Waals surface area contributed by atoms with Crippen molar-refractivity contribution < 1.29 is 0 Å². The normalized spacial score (nSPS) is 17.5. The highest BCUT2D eigenvalue weighted by atomic mass is 15.7. The van der Waals surface area contributed by atoms with Gasteiger partial charge < -0.3 is 4.90 Å². The Morgan fingerprint density at radius 2 is 1.79 bits per heavy atom. The summed E-state index contributed by atoms with van der Waals surface area (Å²) in [6, 6.07) is 17.1. The fourth-order valence-corrected chi connectivity index (χ4v) is 4.49. The zero-order valence-electron chi connectivity index (χ0n) is 19.4. The Bertz CT molecular complexity index is 1220. The molecule has 0 saturated carbocycles. The largest absolute Gasteiger partial charge is 0.376 e. The molecule has 5 rings (SSSR count). The third-order valence-corrected chi connectivity index (χ3v) is 6.19. The maximum atomic E-state index is 4.97. The first kappa shape index (κ1) is 20.9.